The number of carboxylic acid groups (broad SMARTS) is 1. The van der Waals surface area contributed by atoms with Crippen molar-refractivity contribution in [1.29, 1.82) is 0 Å². The van der Waals surface area contributed by atoms with Crippen LogP contribution in [0.5, 0.6) is 5.75 Å². The average Bonchev–Trinajstić information content (AvgIpc) is 2.74. The third-order valence-electron chi connectivity index (χ3n) is 5.57. The average molecular weight is 411 g/mol. The molecular weight excluding hydrogens is 388 g/mol. The van der Waals surface area contributed by atoms with Gasteiger partial charge in [0.2, 0.25) is 0 Å². The summed E-state index contributed by atoms with van der Waals surface area (Å²) in [5.74, 6) is -0.119. The van der Waals surface area contributed by atoms with Crippen LogP contribution in [0.25, 0.3) is 10.9 Å². The Morgan fingerprint density at radius 1 is 1.24 bits per heavy atom. The lowest BCUT2D eigenvalue weighted by Gasteiger charge is -2.40. The van der Waals surface area contributed by atoms with Crippen LogP contribution in [0.3, 0.4) is 0 Å². The van der Waals surface area contributed by atoms with Gasteiger partial charge in [0.15, 0.2) is 0 Å². The van der Waals surface area contributed by atoms with Crippen molar-refractivity contribution in [2.45, 2.75) is 31.3 Å². The van der Waals surface area contributed by atoms with Crippen molar-refractivity contribution in [1.82, 2.24) is 9.88 Å². The van der Waals surface area contributed by atoms with E-state index in [-0.39, 0.29) is 6.04 Å². The van der Waals surface area contributed by atoms with E-state index >= 15 is 0 Å². The van der Waals surface area contributed by atoms with E-state index in [4.69, 9.17) is 16.3 Å². The van der Waals surface area contributed by atoms with Crippen molar-refractivity contribution in [2.75, 3.05) is 13.7 Å². The monoisotopic (exact) mass is 410 g/mol. The molecule has 0 aliphatic carbocycles. The van der Waals surface area contributed by atoms with Crippen molar-refractivity contribution in [2.24, 2.45) is 0 Å². The minimum Gasteiger partial charge on any atom is -0.496 e. The number of piperidine rings is 1. The summed E-state index contributed by atoms with van der Waals surface area (Å²) in [5.41, 5.74) is 2.68. The topological polar surface area (TPSA) is 62.7 Å². The Hall–Kier alpha value is -2.63. The fourth-order valence-corrected chi connectivity index (χ4v) is 4.41. The number of hydrogen-bond donors (Lipinski definition) is 1. The van der Waals surface area contributed by atoms with Crippen LogP contribution in [0.1, 0.15) is 36.4 Å². The first-order chi connectivity index (χ1) is 14.1. The van der Waals surface area contributed by atoms with Crippen LogP contribution in [0.15, 0.2) is 54.7 Å². The molecule has 0 bridgehead atoms. The maximum Gasteiger partial charge on any atom is 0.320 e. The minimum absolute atomic E-state index is 0.317. The minimum atomic E-state index is -0.801. The van der Waals surface area contributed by atoms with E-state index in [9.17, 15) is 9.90 Å². The number of likely N-dealkylation sites (tertiary alicyclic amines) is 1. The smallest absolute Gasteiger partial charge is 0.320 e. The molecule has 0 spiro atoms. The zero-order valence-corrected chi connectivity index (χ0v) is 17.0. The number of rotatable bonds is 5. The molecule has 3 aromatic rings. The van der Waals surface area contributed by atoms with Gasteiger partial charge in [0.25, 0.3) is 0 Å². The highest BCUT2D eigenvalue weighted by Crippen LogP contribution is 2.40. The van der Waals surface area contributed by atoms with Gasteiger partial charge in [0, 0.05) is 22.2 Å². The molecule has 5 nitrogen and oxygen atoms in total. The normalized spacial score (nSPS) is 18.5. The second-order valence-corrected chi connectivity index (χ2v) is 7.77. The lowest BCUT2D eigenvalue weighted by molar-refractivity contribution is -0.145. The number of benzene rings is 2. The van der Waals surface area contributed by atoms with Crippen LogP contribution >= 0.6 is 11.6 Å². The molecule has 2 unspecified atom stereocenters. The number of fused-ring (bicyclic) bond motifs is 1. The van der Waals surface area contributed by atoms with Crippen molar-refractivity contribution >= 4 is 28.5 Å². The second kappa shape index (κ2) is 8.39. The lowest BCUT2D eigenvalue weighted by Crippen LogP contribution is -2.47. The van der Waals surface area contributed by atoms with Gasteiger partial charge in [-0.1, -0.05) is 36.2 Å². The van der Waals surface area contributed by atoms with Gasteiger partial charge in [0.05, 0.1) is 18.7 Å². The number of methoxy groups -OCH3 is 1. The molecule has 0 saturated carbocycles. The summed E-state index contributed by atoms with van der Waals surface area (Å²) in [4.78, 5) is 18.7. The zero-order chi connectivity index (χ0) is 20.4. The molecule has 2 aromatic carbocycles. The predicted octanol–water partition coefficient (Wildman–Crippen LogP) is 4.93. The Kier molecular flexibility index (Phi) is 5.69. The Bertz CT molecular complexity index is 1040. The van der Waals surface area contributed by atoms with Crippen molar-refractivity contribution in [3.05, 3.63) is 70.9 Å². The summed E-state index contributed by atoms with van der Waals surface area (Å²) in [6.45, 7) is 0.685. The van der Waals surface area contributed by atoms with Gasteiger partial charge in [-0.25, -0.2) is 0 Å². The highest BCUT2D eigenvalue weighted by molar-refractivity contribution is 6.30. The van der Waals surface area contributed by atoms with E-state index in [0.29, 0.717) is 23.7 Å². The van der Waals surface area contributed by atoms with Gasteiger partial charge in [-0.05, 0) is 55.3 Å². The molecule has 29 heavy (non-hydrogen) atoms. The molecule has 1 aliphatic heterocycles. The molecule has 1 saturated heterocycles. The number of carboxylic acids is 1. The van der Waals surface area contributed by atoms with E-state index in [0.717, 1.165) is 34.9 Å². The second-order valence-electron chi connectivity index (χ2n) is 7.34. The highest BCUT2D eigenvalue weighted by atomic mass is 35.5. The molecule has 0 radical (unpaired) electrons. The number of aliphatic carboxylic acids is 1. The number of nitrogens with zero attached hydrogens (tertiary/aromatic N) is 2. The van der Waals surface area contributed by atoms with Gasteiger partial charge in [-0.3, -0.25) is 14.7 Å². The summed E-state index contributed by atoms with van der Waals surface area (Å²) in [6.07, 6.45) is 4.31. The molecule has 2 heterocycles. The van der Waals surface area contributed by atoms with Gasteiger partial charge >= 0.3 is 5.97 Å². The summed E-state index contributed by atoms with van der Waals surface area (Å²) in [6, 6.07) is 14.6. The molecular formula is C23H23ClN2O3. The van der Waals surface area contributed by atoms with E-state index in [1.807, 2.05) is 47.5 Å². The van der Waals surface area contributed by atoms with E-state index in [1.165, 1.54) is 0 Å². The standard InChI is InChI=1S/C23H23ClN2O3/c1-29-21-10-9-17(24)13-18(21)22(26-11-5-4-8-20(26)23(27)28)16-12-15-6-2-3-7-19(15)25-14-16/h2-3,6-7,9-10,12-14,20,22H,4-5,8,11H2,1H3,(H,27,28). The Labute approximate surface area is 174 Å². The van der Waals surface area contributed by atoms with Crippen molar-refractivity contribution < 1.29 is 14.6 Å². The SMILES string of the molecule is COc1ccc(Cl)cc1C(c1cnc2ccccc2c1)N1CCCCC1C(=O)O. The number of para-hydroxylation sites is 1. The largest absolute Gasteiger partial charge is 0.496 e. The number of pyridine rings is 1. The van der Waals surface area contributed by atoms with Gasteiger partial charge < -0.3 is 9.84 Å². The number of hydrogen-bond acceptors (Lipinski definition) is 4. The maximum atomic E-state index is 12.1. The Balaban J connectivity index is 1.91. The van der Waals surface area contributed by atoms with Crippen molar-refractivity contribution in [3.63, 3.8) is 0 Å². The first-order valence-electron chi connectivity index (χ1n) is 9.75. The van der Waals surface area contributed by atoms with E-state index in [2.05, 4.69) is 11.1 Å². The molecule has 1 aromatic heterocycles. The fraction of sp³-hybridized carbons (Fsp3) is 0.304. The molecule has 2 atom stereocenters. The summed E-state index contributed by atoms with van der Waals surface area (Å²) >= 11 is 6.33. The molecule has 6 heteroatoms. The van der Waals surface area contributed by atoms with Crippen LogP contribution in [0.4, 0.5) is 0 Å². The lowest BCUT2D eigenvalue weighted by atomic mass is 9.91. The molecule has 1 N–H and O–H groups in total. The Morgan fingerprint density at radius 2 is 2.07 bits per heavy atom. The van der Waals surface area contributed by atoms with E-state index in [1.54, 1.807) is 13.2 Å². The van der Waals surface area contributed by atoms with Crippen LogP contribution in [0.2, 0.25) is 5.02 Å². The van der Waals surface area contributed by atoms with Crippen molar-refractivity contribution in [3.8, 4) is 5.75 Å². The van der Waals surface area contributed by atoms with Crippen LogP contribution in [-0.4, -0.2) is 40.7 Å². The van der Waals surface area contributed by atoms with Crippen LogP contribution < -0.4 is 4.74 Å². The molecule has 1 aliphatic rings. The highest BCUT2D eigenvalue weighted by Gasteiger charge is 2.36. The molecule has 150 valence electrons. The van der Waals surface area contributed by atoms with Crippen LogP contribution in [0, 0.1) is 0 Å². The van der Waals surface area contributed by atoms with Gasteiger partial charge in [-0.2, -0.15) is 0 Å². The molecule has 0 amide bonds. The number of aromatic nitrogens is 1. The summed E-state index contributed by atoms with van der Waals surface area (Å²) < 4.78 is 5.62. The summed E-state index contributed by atoms with van der Waals surface area (Å²) in [7, 11) is 1.62. The first kappa shape index (κ1) is 19.7. The van der Waals surface area contributed by atoms with Gasteiger partial charge in [0.1, 0.15) is 11.8 Å². The number of carbonyl (C=O) groups is 1. The molecule has 1 fully saturated rings. The van der Waals surface area contributed by atoms with E-state index < -0.39 is 12.0 Å². The number of ether oxygens (including phenoxy) is 1. The first-order valence-corrected chi connectivity index (χ1v) is 10.1. The molecule has 4 rings (SSSR count). The van der Waals surface area contributed by atoms with Gasteiger partial charge in [-0.15, -0.1) is 0 Å². The third kappa shape index (κ3) is 3.93. The predicted molar refractivity (Wildman–Crippen MR) is 114 cm³/mol. The zero-order valence-electron chi connectivity index (χ0n) is 16.2. The quantitative estimate of drug-likeness (QED) is 0.646. The summed E-state index contributed by atoms with van der Waals surface area (Å²) in [5, 5.41) is 11.5. The Morgan fingerprint density at radius 3 is 2.86 bits per heavy atom. The maximum absolute atomic E-state index is 12.1. The van der Waals surface area contributed by atoms with Crippen LogP contribution in [-0.2, 0) is 4.79 Å². The fourth-order valence-electron chi connectivity index (χ4n) is 4.23. The third-order valence-corrected chi connectivity index (χ3v) is 5.81. The number of halogens is 1.